The molecule has 1 unspecified atom stereocenters. The van der Waals surface area contributed by atoms with Gasteiger partial charge in [-0.25, -0.2) is 9.18 Å². The molecular formula is C9H8ClFN2O. The summed E-state index contributed by atoms with van der Waals surface area (Å²) in [7, 11) is 0. The summed E-state index contributed by atoms with van der Waals surface area (Å²) in [5.41, 5.74) is 0.674. The van der Waals surface area contributed by atoms with E-state index in [1.165, 1.54) is 12.1 Å². The van der Waals surface area contributed by atoms with Crippen molar-refractivity contribution in [3.05, 3.63) is 34.6 Å². The summed E-state index contributed by atoms with van der Waals surface area (Å²) in [6.07, 6.45) is 0. The van der Waals surface area contributed by atoms with Crippen LogP contribution in [0.15, 0.2) is 18.2 Å². The molecule has 1 heterocycles. The second kappa shape index (κ2) is 3.46. The van der Waals surface area contributed by atoms with Crippen molar-refractivity contribution in [3.63, 3.8) is 0 Å². The smallest absolute Gasteiger partial charge is 0.315 e. The van der Waals surface area contributed by atoms with E-state index in [4.69, 9.17) is 11.6 Å². The number of amides is 2. The van der Waals surface area contributed by atoms with Gasteiger partial charge in [-0.2, -0.15) is 0 Å². The molecule has 2 amide bonds. The number of rotatable bonds is 1. The molecule has 5 heteroatoms. The molecule has 1 aromatic carbocycles. The summed E-state index contributed by atoms with van der Waals surface area (Å²) in [4.78, 5) is 10.8. The van der Waals surface area contributed by atoms with Crippen molar-refractivity contribution in [3.8, 4) is 0 Å². The predicted molar refractivity (Wildman–Crippen MR) is 50.7 cm³/mol. The van der Waals surface area contributed by atoms with Crippen LogP contribution < -0.4 is 10.6 Å². The zero-order chi connectivity index (χ0) is 10.1. The third-order valence-electron chi connectivity index (χ3n) is 2.06. The summed E-state index contributed by atoms with van der Waals surface area (Å²) in [6.45, 7) is 0.457. The highest BCUT2D eigenvalue weighted by atomic mass is 35.5. The highest BCUT2D eigenvalue weighted by molar-refractivity contribution is 6.30. The summed E-state index contributed by atoms with van der Waals surface area (Å²) < 4.78 is 13.0. The first-order valence-electron chi connectivity index (χ1n) is 4.15. The van der Waals surface area contributed by atoms with E-state index in [9.17, 15) is 9.18 Å². The van der Waals surface area contributed by atoms with Gasteiger partial charge in [-0.1, -0.05) is 11.6 Å². The van der Waals surface area contributed by atoms with Crippen molar-refractivity contribution in [2.24, 2.45) is 0 Å². The number of hydrogen-bond acceptors (Lipinski definition) is 1. The minimum Gasteiger partial charge on any atom is -0.336 e. The Hall–Kier alpha value is -1.29. The first-order chi connectivity index (χ1) is 6.65. The van der Waals surface area contributed by atoms with Crippen molar-refractivity contribution in [1.29, 1.82) is 0 Å². The zero-order valence-corrected chi connectivity index (χ0v) is 7.94. The Labute approximate surface area is 85.3 Å². The lowest BCUT2D eigenvalue weighted by Gasteiger charge is -2.09. The maximum Gasteiger partial charge on any atom is 0.315 e. The third-order valence-corrected chi connectivity index (χ3v) is 2.28. The van der Waals surface area contributed by atoms with Gasteiger partial charge in [0.1, 0.15) is 5.82 Å². The Balaban J connectivity index is 2.27. The van der Waals surface area contributed by atoms with Gasteiger partial charge < -0.3 is 10.6 Å². The van der Waals surface area contributed by atoms with E-state index in [0.29, 0.717) is 17.1 Å². The fourth-order valence-electron chi connectivity index (χ4n) is 1.43. The quantitative estimate of drug-likeness (QED) is 0.736. The van der Waals surface area contributed by atoms with Gasteiger partial charge in [-0.15, -0.1) is 0 Å². The molecule has 0 saturated carbocycles. The van der Waals surface area contributed by atoms with Gasteiger partial charge in [0.05, 0.1) is 6.04 Å². The van der Waals surface area contributed by atoms with Gasteiger partial charge in [0.15, 0.2) is 0 Å². The van der Waals surface area contributed by atoms with Crippen LogP contribution in [0, 0.1) is 5.82 Å². The fourth-order valence-corrected chi connectivity index (χ4v) is 1.66. The number of carbonyl (C=O) groups excluding carboxylic acids is 1. The summed E-state index contributed by atoms with van der Waals surface area (Å²) in [5.74, 6) is -0.395. The molecule has 0 aliphatic carbocycles. The lowest BCUT2D eigenvalue weighted by Crippen LogP contribution is -2.21. The molecule has 74 valence electrons. The van der Waals surface area contributed by atoms with E-state index in [0.717, 1.165) is 0 Å². The summed E-state index contributed by atoms with van der Waals surface area (Å²) in [6, 6.07) is 3.80. The van der Waals surface area contributed by atoms with Gasteiger partial charge in [-0.3, -0.25) is 0 Å². The van der Waals surface area contributed by atoms with Crippen LogP contribution in [0.1, 0.15) is 11.6 Å². The number of halogens is 2. The molecule has 1 aromatic rings. The third kappa shape index (κ3) is 1.80. The number of carbonyl (C=O) groups is 1. The maximum absolute atomic E-state index is 13.0. The van der Waals surface area contributed by atoms with Gasteiger partial charge >= 0.3 is 6.03 Å². The largest absolute Gasteiger partial charge is 0.336 e. The lowest BCUT2D eigenvalue weighted by atomic mass is 10.1. The van der Waals surface area contributed by atoms with Crippen LogP contribution in [0.3, 0.4) is 0 Å². The van der Waals surface area contributed by atoms with E-state index in [-0.39, 0.29) is 12.1 Å². The van der Waals surface area contributed by atoms with E-state index in [1.807, 2.05) is 0 Å². The standard InChI is InChI=1S/C9H8ClFN2O/c10-6-1-5(2-7(11)3-6)8-4-12-9(14)13-8/h1-3,8H,4H2,(H2,12,13,14). The van der Waals surface area contributed by atoms with Crippen molar-refractivity contribution < 1.29 is 9.18 Å². The van der Waals surface area contributed by atoms with Crippen LogP contribution in [0.4, 0.5) is 9.18 Å². The average molecular weight is 215 g/mol. The molecule has 1 fully saturated rings. The zero-order valence-electron chi connectivity index (χ0n) is 7.18. The second-order valence-electron chi connectivity index (χ2n) is 3.11. The molecule has 3 nitrogen and oxygen atoms in total. The van der Waals surface area contributed by atoms with Gasteiger partial charge in [0.2, 0.25) is 0 Å². The maximum atomic E-state index is 13.0. The molecule has 2 rings (SSSR count). The van der Waals surface area contributed by atoms with Crippen molar-refractivity contribution in [2.45, 2.75) is 6.04 Å². The normalized spacial score (nSPS) is 20.4. The molecule has 1 saturated heterocycles. The molecule has 1 aliphatic heterocycles. The van der Waals surface area contributed by atoms with Crippen LogP contribution >= 0.6 is 11.6 Å². The molecule has 14 heavy (non-hydrogen) atoms. The van der Waals surface area contributed by atoms with Crippen LogP contribution in [0.25, 0.3) is 0 Å². The van der Waals surface area contributed by atoms with E-state index in [2.05, 4.69) is 10.6 Å². The Morgan fingerprint density at radius 3 is 2.79 bits per heavy atom. The SMILES string of the molecule is O=C1NCC(c2cc(F)cc(Cl)c2)N1. The van der Waals surface area contributed by atoms with Crippen LogP contribution in [-0.4, -0.2) is 12.6 Å². The second-order valence-corrected chi connectivity index (χ2v) is 3.55. The minimum atomic E-state index is -0.395. The summed E-state index contributed by atoms with van der Waals surface area (Å²) in [5, 5.41) is 5.58. The number of hydrogen-bond donors (Lipinski definition) is 2. The first kappa shape index (κ1) is 9.27. The predicted octanol–water partition coefficient (Wildman–Crippen LogP) is 1.83. The van der Waals surface area contributed by atoms with Crippen LogP contribution in [-0.2, 0) is 0 Å². The number of nitrogens with one attached hydrogen (secondary N) is 2. The van der Waals surface area contributed by atoms with E-state index < -0.39 is 5.82 Å². The minimum absolute atomic E-state index is 0.198. The lowest BCUT2D eigenvalue weighted by molar-refractivity contribution is 0.247. The van der Waals surface area contributed by atoms with E-state index in [1.54, 1.807) is 6.07 Å². The van der Waals surface area contributed by atoms with E-state index >= 15 is 0 Å². The molecule has 0 radical (unpaired) electrons. The van der Waals surface area contributed by atoms with Crippen molar-refractivity contribution in [1.82, 2.24) is 10.6 Å². The molecule has 0 bridgehead atoms. The van der Waals surface area contributed by atoms with Crippen LogP contribution in [0.5, 0.6) is 0 Å². The number of benzene rings is 1. The monoisotopic (exact) mass is 214 g/mol. The first-order valence-corrected chi connectivity index (χ1v) is 4.53. The van der Waals surface area contributed by atoms with Gasteiger partial charge in [-0.05, 0) is 23.8 Å². The average Bonchev–Trinajstić information content (AvgIpc) is 2.50. The fraction of sp³-hybridized carbons (Fsp3) is 0.222. The molecule has 1 atom stereocenters. The molecule has 1 aliphatic rings. The Morgan fingerprint density at radius 2 is 2.21 bits per heavy atom. The topological polar surface area (TPSA) is 41.1 Å². The Bertz CT molecular complexity index is 363. The van der Waals surface area contributed by atoms with Crippen molar-refractivity contribution in [2.75, 3.05) is 6.54 Å². The van der Waals surface area contributed by atoms with Crippen molar-refractivity contribution >= 4 is 17.6 Å². The molecule has 0 aromatic heterocycles. The molecule has 0 spiro atoms. The molecular weight excluding hydrogens is 207 g/mol. The number of urea groups is 1. The van der Waals surface area contributed by atoms with Gasteiger partial charge in [0.25, 0.3) is 0 Å². The van der Waals surface area contributed by atoms with Crippen LogP contribution in [0.2, 0.25) is 5.02 Å². The molecule has 2 N–H and O–H groups in total. The van der Waals surface area contributed by atoms with Gasteiger partial charge in [0, 0.05) is 11.6 Å². The Kier molecular flexibility index (Phi) is 2.29. The highest BCUT2D eigenvalue weighted by Crippen LogP contribution is 2.21. The Morgan fingerprint density at radius 1 is 1.43 bits per heavy atom. The highest BCUT2D eigenvalue weighted by Gasteiger charge is 2.21. The summed E-state index contributed by atoms with van der Waals surface area (Å²) >= 11 is 5.69.